The number of nitrogens with zero attached hydrogens (tertiary/aromatic N) is 1. The van der Waals surface area contributed by atoms with Crippen LogP contribution in [-0.2, 0) is 5.41 Å². The number of hydrogen-bond acceptors (Lipinski definition) is 1. The molecule has 1 saturated carbocycles. The van der Waals surface area contributed by atoms with Gasteiger partial charge in [-0.05, 0) is 55.2 Å². The van der Waals surface area contributed by atoms with E-state index in [0.717, 1.165) is 24.1 Å². The summed E-state index contributed by atoms with van der Waals surface area (Å²) in [6, 6.07) is 14.7. The van der Waals surface area contributed by atoms with Crippen LogP contribution in [0.25, 0.3) is 0 Å². The van der Waals surface area contributed by atoms with Crippen LogP contribution in [0, 0.1) is 12.7 Å². The molecular formula is C18H20FN3. The molecule has 1 aliphatic carbocycles. The van der Waals surface area contributed by atoms with Crippen LogP contribution >= 0.6 is 0 Å². The third-order valence-corrected chi connectivity index (χ3v) is 4.15. The van der Waals surface area contributed by atoms with Crippen molar-refractivity contribution in [3.8, 4) is 0 Å². The van der Waals surface area contributed by atoms with Gasteiger partial charge in [0.1, 0.15) is 5.82 Å². The van der Waals surface area contributed by atoms with Crippen LogP contribution in [0.4, 0.5) is 10.1 Å². The molecule has 114 valence electrons. The number of nitrogens with one attached hydrogen (secondary N) is 1. The van der Waals surface area contributed by atoms with Gasteiger partial charge in [0.25, 0.3) is 0 Å². The highest BCUT2D eigenvalue weighted by atomic mass is 19.1. The fourth-order valence-electron chi connectivity index (χ4n) is 2.64. The molecule has 4 heteroatoms. The molecule has 3 nitrogen and oxygen atoms in total. The van der Waals surface area contributed by atoms with Gasteiger partial charge in [-0.25, -0.2) is 4.39 Å². The van der Waals surface area contributed by atoms with Crippen molar-refractivity contribution >= 4 is 11.6 Å². The standard InChI is InChI=1S/C18H20FN3/c1-13-3-2-4-16(11-13)22-17(20)21-12-18(9-10-18)14-5-7-15(19)8-6-14/h2-8,11H,9-10,12H2,1H3,(H3,20,21,22). The molecule has 0 atom stereocenters. The zero-order chi connectivity index (χ0) is 15.6. The average Bonchev–Trinajstić information content (AvgIpc) is 3.27. The number of halogens is 1. The lowest BCUT2D eigenvalue weighted by molar-refractivity contribution is 0.623. The minimum absolute atomic E-state index is 0.0343. The quantitative estimate of drug-likeness (QED) is 0.669. The molecule has 1 fully saturated rings. The smallest absolute Gasteiger partial charge is 0.193 e. The number of guanidine groups is 1. The monoisotopic (exact) mass is 297 g/mol. The van der Waals surface area contributed by atoms with Crippen LogP contribution in [0.5, 0.6) is 0 Å². The highest BCUT2D eigenvalue weighted by Crippen LogP contribution is 2.48. The molecule has 3 N–H and O–H groups in total. The lowest BCUT2D eigenvalue weighted by Gasteiger charge is -2.14. The highest BCUT2D eigenvalue weighted by Gasteiger charge is 2.44. The average molecular weight is 297 g/mol. The first-order chi connectivity index (χ1) is 10.6. The van der Waals surface area contributed by atoms with Gasteiger partial charge in [0.15, 0.2) is 5.96 Å². The SMILES string of the molecule is Cc1cccc(NC(N)=NCC2(c3ccc(F)cc3)CC2)c1. The zero-order valence-electron chi connectivity index (χ0n) is 12.6. The van der Waals surface area contributed by atoms with Gasteiger partial charge in [-0.2, -0.15) is 0 Å². The molecule has 3 rings (SSSR count). The summed E-state index contributed by atoms with van der Waals surface area (Å²) in [5.41, 5.74) is 9.25. The molecule has 0 aromatic heterocycles. The van der Waals surface area contributed by atoms with E-state index in [-0.39, 0.29) is 11.2 Å². The van der Waals surface area contributed by atoms with Crippen molar-refractivity contribution in [3.05, 3.63) is 65.5 Å². The predicted molar refractivity (Wildman–Crippen MR) is 88.6 cm³/mol. The number of hydrogen-bond donors (Lipinski definition) is 2. The number of aliphatic imine (C=N–C) groups is 1. The molecule has 0 bridgehead atoms. The Kier molecular flexibility index (Phi) is 3.84. The second-order valence-electron chi connectivity index (χ2n) is 5.98. The van der Waals surface area contributed by atoms with Crippen molar-refractivity contribution in [2.24, 2.45) is 10.7 Å². The Bertz CT molecular complexity index is 688. The number of rotatable bonds is 4. The second-order valence-corrected chi connectivity index (χ2v) is 5.98. The van der Waals surface area contributed by atoms with E-state index in [4.69, 9.17) is 5.73 Å². The lowest BCUT2D eigenvalue weighted by Crippen LogP contribution is -2.25. The molecule has 0 radical (unpaired) electrons. The molecule has 0 unspecified atom stereocenters. The fraction of sp³-hybridized carbons (Fsp3) is 0.278. The van der Waals surface area contributed by atoms with E-state index in [1.807, 2.05) is 43.3 Å². The van der Waals surface area contributed by atoms with E-state index >= 15 is 0 Å². The van der Waals surface area contributed by atoms with E-state index in [1.54, 1.807) is 0 Å². The Balaban J connectivity index is 1.66. The van der Waals surface area contributed by atoms with Crippen molar-refractivity contribution in [2.75, 3.05) is 11.9 Å². The van der Waals surface area contributed by atoms with E-state index in [9.17, 15) is 4.39 Å². The molecule has 0 spiro atoms. The van der Waals surface area contributed by atoms with Crippen molar-refractivity contribution < 1.29 is 4.39 Å². The summed E-state index contributed by atoms with van der Waals surface area (Å²) in [5, 5.41) is 3.11. The summed E-state index contributed by atoms with van der Waals surface area (Å²) in [6.45, 7) is 2.66. The van der Waals surface area contributed by atoms with Gasteiger partial charge >= 0.3 is 0 Å². The van der Waals surface area contributed by atoms with Gasteiger partial charge in [0.2, 0.25) is 0 Å². The fourth-order valence-corrected chi connectivity index (χ4v) is 2.64. The molecule has 0 saturated heterocycles. The number of aryl methyl sites for hydroxylation is 1. The second kappa shape index (κ2) is 5.79. The van der Waals surface area contributed by atoms with Gasteiger partial charge in [0.05, 0.1) is 6.54 Å². The van der Waals surface area contributed by atoms with Gasteiger partial charge in [-0.15, -0.1) is 0 Å². The Morgan fingerprint density at radius 3 is 2.59 bits per heavy atom. The summed E-state index contributed by atoms with van der Waals surface area (Å²) in [6.07, 6.45) is 2.14. The first kappa shape index (κ1) is 14.6. The van der Waals surface area contributed by atoms with E-state index in [2.05, 4.69) is 10.3 Å². The van der Waals surface area contributed by atoms with Crippen LogP contribution in [0.15, 0.2) is 53.5 Å². The van der Waals surface area contributed by atoms with Crippen LogP contribution in [0.3, 0.4) is 0 Å². The summed E-state index contributed by atoms with van der Waals surface area (Å²) in [7, 11) is 0. The maximum Gasteiger partial charge on any atom is 0.193 e. The van der Waals surface area contributed by atoms with E-state index in [1.165, 1.54) is 17.7 Å². The van der Waals surface area contributed by atoms with Crippen LogP contribution in [0.2, 0.25) is 0 Å². The normalized spacial score (nSPS) is 16.4. The van der Waals surface area contributed by atoms with Crippen LogP contribution < -0.4 is 11.1 Å². The Morgan fingerprint density at radius 1 is 1.23 bits per heavy atom. The van der Waals surface area contributed by atoms with Gasteiger partial charge in [0, 0.05) is 11.1 Å². The first-order valence-electron chi connectivity index (χ1n) is 7.47. The third kappa shape index (κ3) is 3.27. The maximum absolute atomic E-state index is 13.0. The third-order valence-electron chi connectivity index (χ3n) is 4.15. The van der Waals surface area contributed by atoms with Crippen molar-refractivity contribution in [2.45, 2.75) is 25.2 Å². The van der Waals surface area contributed by atoms with Gasteiger partial charge < -0.3 is 11.1 Å². The molecule has 0 heterocycles. The van der Waals surface area contributed by atoms with E-state index in [0.29, 0.717) is 12.5 Å². The number of anilines is 1. The van der Waals surface area contributed by atoms with E-state index < -0.39 is 0 Å². The Hall–Kier alpha value is -2.36. The minimum atomic E-state index is -0.205. The summed E-state index contributed by atoms with van der Waals surface area (Å²) >= 11 is 0. The molecule has 2 aromatic carbocycles. The molecule has 22 heavy (non-hydrogen) atoms. The number of benzene rings is 2. The summed E-state index contributed by atoms with van der Waals surface area (Å²) in [5.74, 6) is 0.211. The van der Waals surface area contributed by atoms with Crippen LogP contribution in [-0.4, -0.2) is 12.5 Å². The van der Waals surface area contributed by atoms with Gasteiger partial charge in [-0.1, -0.05) is 24.3 Å². The van der Waals surface area contributed by atoms with Crippen molar-refractivity contribution in [3.63, 3.8) is 0 Å². The topological polar surface area (TPSA) is 50.4 Å². The van der Waals surface area contributed by atoms with Crippen molar-refractivity contribution in [1.29, 1.82) is 0 Å². The zero-order valence-corrected chi connectivity index (χ0v) is 12.6. The Labute approximate surface area is 130 Å². The number of nitrogens with two attached hydrogens (primary N) is 1. The first-order valence-corrected chi connectivity index (χ1v) is 7.47. The lowest BCUT2D eigenvalue weighted by atomic mass is 9.96. The molecule has 2 aromatic rings. The van der Waals surface area contributed by atoms with Crippen LogP contribution in [0.1, 0.15) is 24.0 Å². The summed E-state index contributed by atoms with van der Waals surface area (Å²) in [4.78, 5) is 4.47. The molecule has 1 aliphatic rings. The largest absolute Gasteiger partial charge is 0.370 e. The summed E-state index contributed by atoms with van der Waals surface area (Å²) < 4.78 is 13.0. The Morgan fingerprint density at radius 2 is 1.95 bits per heavy atom. The predicted octanol–water partition coefficient (Wildman–Crippen LogP) is 3.59. The van der Waals surface area contributed by atoms with Crippen molar-refractivity contribution in [1.82, 2.24) is 0 Å². The molecular weight excluding hydrogens is 277 g/mol. The van der Waals surface area contributed by atoms with Gasteiger partial charge in [-0.3, -0.25) is 4.99 Å². The molecule has 0 amide bonds. The minimum Gasteiger partial charge on any atom is -0.370 e. The molecule has 0 aliphatic heterocycles. The highest BCUT2D eigenvalue weighted by molar-refractivity contribution is 5.92. The maximum atomic E-state index is 13.0.